The van der Waals surface area contributed by atoms with Gasteiger partial charge in [-0.25, -0.2) is 12.4 Å². The van der Waals surface area contributed by atoms with Gasteiger partial charge in [0.1, 0.15) is 0 Å². The molecule has 2 aliphatic carbocycles. The molecule has 0 radical (unpaired) electrons. The summed E-state index contributed by atoms with van der Waals surface area (Å²) in [5.41, 5.74) is 4.11. The van der Waals surface area contributed by atoms with Gasteiger partial charge in [0, 0.05) is 22.9 Å². The fraction of sp³-hybridized carbons (Fsp3) is 0.280. The molecule has 1 unspecified atom stereocenters. The van der Waals surface area contributed by atoms with E-state index in [9.17, 15) is 23.1 Å². The van der Waals surface area contributed by atoms with Gasteiger partial charge in [-0.2, -0.15) is 0 Å². The summed E-state index contributed by atoms with van der Waals surface area (Å²) >= 11 is 0. The molecule has 3 aromatic rings. The summed E-state index contributed by atoms with van der Waals surface area (Å²) in [5, 5.41) is 9.35. The first-order chi connectivity index (χ1) is 15.3. The van der Waals surface area contributed by atoms with E-state index in [1.165, 1.54) is 6.20 Å². The average Bonchev–Trinajstić information content (AvgIpc) is 3.20. The fourth-order valence-corrected chi connectivity index (χ4v) is 6.22. The third-order valence-electron chi connectivity index (χ3n) is 6.57. The Morgan fingerprint density at radius 3 is 2.44 bits per heavy atom. The number of hydrogen-bond acceptors (Lipinski definition) is 5. The normalized spacial score (nSPS) is 17.6. The summed E-state index contributed by atoms with van der Waals surface area (Å²) in [4.78, 5) is 26.8. The van der Waals surface area contributed by atoms with Crippen LogP contribution in [-0.2, 0) is 16.4 Å². The van der Waals surface area contributed by atoms with Gasteiger partial charge in [0.05, 0.1) is 23.6 Å². The van der Waals surface area contributed by atoms with Crippen molar-refractivity contribution in [3.63, 3.8) is 0 Å². The van der Waals surface area contributed by atoms with Gasteiger partial charge in [-0.3, -0.25) is 9.59 Å². The molecule has 1 N–H and O–H groups in total. The number of aromatic nitrogens is 1. The van der Waals surface area contributed by atoms with Crippen LogP contribution in [0.2, 0.25) is 0 Å². The van der Waals surface area contributed by atoms with E-state index in [1.54, 1.807) is 30.3 Å². The lowest BCUT2D eigenvalue weighted by Gasteiger charge is -2.28. The number of fused-ring (bicyclic) bond motifs is 5. The van der Waals surface area contributed by atoms with E-state index in [0.717, 1.165) is 27.9 Å². The van der Waals surface area contributed by atoms with Crippen molar-refractivity contribution in [1.82, 2.24) is 3.97 Å². The van der Waals surface area contributed by atoms with Crippen LogP contribution < -0.4 is 0 Å². The van der Waals surface area contributed by atoms with E-state index < -0.39 is 33.9 Å². The minimum atomic E-state index is -3.95. The molecule has 32 heavy (non-hydrogen) atoms. The molecule has 1 heterocycles. The van der Waals surface area contributed by atoms with Crippen LogP contribution in [0.5, 0.6) is 0 Å². The minimum Gasteiger partial charge on any atom is -0.395 e. The van der Waals surface area contributed by atoms with E-state index in [1.807, 2.05) is 12.1 Å². The molecule has 0 saturated heterocycles. The maximum absolute atomic E-state index is 13.4. The van der Waals surface area contributed by atoms with E-state index in [0.29, 0.717) is 28.7 Å². The number of Topliss-reactive ketones (excluding diaryl/α,β-unsaturated/α-hetero) is 2. The molecule has 0 bridgehead atoms. The Morgan fingerprint density at radius 2 is 1.72 bits per heavy atom. The summed E-state index contributed by atoms with van der Waals surface area (Å²) < 4.78 is 27.3. The summed E-state index contributed by atoms with van der Waals surface area (Å²) in [6, 6.07) is 12.7. The monoisotopic (exact) mass is 449 g/mol. The van der Waals surface area contributed by atoms with Gasteiger partial charge < -0.3 is 5.11 Å². The maximum atomic E-state index is 13.4. The number of ketones is 2. The standard InChI is InChI=1S/C25H23NO5S/c1-15-6-5-9-18-17(15)10-11-19-21(18)24(28)25(29)22-20(16-7-3-2-4-8-16)14-26(23(19)22)32(30,31)13-12-27/h2-4,7-8,10-11,14-15,27H,5-6,9,12-13H2,1H3. The van der Waals surface area contributed by atoms with Crippen molar-refractivity contribution >= 4 is 21.6 Å². The average molecular weight is 450 g/mol. The largest absolute Gasteiger partial charge is 0.395 e. The topological polar surface area (TPSA) is 93.4 Å². The number of carbonyl (C=O) groups is 2. The first-order valence-corrected chi connectivity index (χ1v) is 12.4. The fourth-order valence-electron chi connectivity index (χ4n) is 5.06. The highest BCUT2D eigenvalue weighted by Crippen LogP contribution is 2.45. The summed E-state index contributed by atoms with van der Waals surface area (Å²) in [6.07, 6.45) is 4.02. The first-order valence-electron chi connectivity index (χ1n) is 10.7. The number of aliphatic hydroxyl groups excluding tert-OH is 1. The third-order valence-corrected chi connectivity index (χ3v) is 8.15. The van der Waals surface area contributed by atoms with Crippen molar-refractivity contribution in [1.29, 1.82) is 0 Å². The molecular formula is C25H23NO5S. The van der Waals surface area contributed by atoms with Crippen LogP contribution in [0.1, 0.15) is 57.5 Å². The Bertz CT molecular complexity index is 1370. The Labute approximate surface area is 186 Å². The van der Waals surface area contributed by atoms with E-state index in [4.69, 9.17) is 0 Å². The summed E-state index contributed by atoms with van der Waals surface area (Å²) in [6.45, 7) is 1.56. The highest BCUT2D eigenvalue weighted by Gasteiger charge is 2.40. The molecule has 0 amide bonds. The molecule has 2 aromatic carbocycles. The van der Waals surface area contributed by atoms with Gasteiger partial charge in [-0.1, -0.05) is 49.4 Å². The molecule has 5 rings (SSSR count). The Kier molecular flexibility index (Phi) is 4.91. The SMILES string of the molecule is CC1CCCc2c1ccc1c2C(=O)C(=O)c2c(-c3ccccc3)cn(S(=O)(=O)CCO)c2-1. The van der Waals surface area contributed by atoms with Crippen molar-refractivity contribution < 1.29 is 23.1 Å². The smallest absolute Gasteiger partial charge is 0.241 e. The van der Waals surface area contributed by atoms with Crippen molar-refractivity contribution in [2.75, 3.05) is 12.4 Å². The molecule has 0 spiro atoms. The predicted molar refractivity (Wildman–Crippen MR) is 122 cm³/mol. The molecule has 1 aromatic heterocycles. The second-order valence-corrected chi connectivity index (χ2v) is 10.4. The lowest BCUT2D eigenvalue weighted by Crippen LogP contribution is -2.27. The van der Waals surface area contributed by atoms with Gasteiger partial charge >= 0.3 is 0 Å². The molecule has 2 aliphatic rings. The van der Waals surface area contributed by atoms with Gasteiger partial charge in [0.15, 0.2) is 0 Å². The second kappa shape index (κ2) is 7.53. The molecule has 164 valence electrons. The van der Waals surface area contributed by atoms with Crippen molar-refractivity contribution in [3.8, 4) is 22.4 Å². The maximum Gasteiger partial charge on any atom is 0.241 e. The highest BCUT2D eigenvalue weighted by molar-refractivity contribution is 7.90. The molecule has 6 nitrogen and oxygen atoms in total. The summed E-state index contributed by atoms with van der Waals surface area (Å²) in [5.74, 6) is -1.47. The second-order valence-electron chi connectivity index (χ2n) is 8.48. The van der Waals surface area contributed by atoms with E-state index in [-0.39, 0.29) is 17.2 Å². The molecule has 0 saturated carbocycles. The van der Waals surface area contributed by atoms with Gasteiger partial charge in [-0.05, 0) is 41.9 Å². The van der Waals surface area contributed by atoms with Crippen LogP contribution >= 0.6 is 0 Å². The lowest BCUT2D eigenvalue weighted by atomic mass is 9.75. The lowest BCUT2D eigenvalue weighted by molar-refractivity contribution is 0.0815. The van der Waals surface area contributed by atoms with Crippen LogP contribution in [0.15, 0.2) is 48.7 Å². The van der Waals surface area contributed by atoms with Crippen LogP contribution in [0.25, 0.3) is 22.4 Å². The number of nitrogens with zero attached hydrogens (tertiary/aromatic N) is 1. The quantitative estimate of drug-likeness (QED) is 0.612. The zero-order valence-electron chi connectivity index (χ0n) is 17.7. The summed E-state index contributed by atoms with van der Waals surface area (Å²) in [7, 11) is -3.95. The number of carbonyl (C=O) groups excluding carboxylic acids is 2. The van der Waals surface area contributed by atoms with Gasteiger partial charge in [0.2, 0.25) is 21.6 Å². The van der Waals surface area contributed by atoms with Crippen LogP contribution in [0, 0.1) is 0 Å². The Hall–Kier alpha value is -3.03. The van der Waals surface area contributed by atoms with Crippen LogP contribution in [0.4, 0.5) is 0 Å². The van der Waals surface area contributed by atoms with Crippen molar-refractivity contribution in [3.05, 3.63) is 70.9 Å². The van der Waals surface area contributed by atoms with Crippen LogP contribution in [0.3, 0.4) is 0 Å². The van der Waals surface area contributed by atoms with Crippen LogP contribution in [-0.4, -0.2) is 41.4 Å². The van der Waals surface area contributed by atoms with E-state index in [2.05, 4.69) is 6.92 Å². The Balaban J connectivity index is 1.88. The molecule has 1 atom stereocenters. The van der Waals surface area contributed by atoms with Crippen molar-refractivity contribution in [2.24, 2.45) is 0 Å². The molecule has 0 fully saturated rings. The predicted octanol–water partition coefficient (Wildman–Crippen LogP) is 3.81. The number of aliphatic hydroxyl groups is 1. The Morgan fingerprint density at radius 1 is 1.00 bits per heavy atom. The molecule has 7 heteroatoms. The van der Waals surface area contributed by atoms with Crippen molar-refractivity contribution in [2.45, 2.75) is 32.1 Å². The highest BCUT2D eigenvalue weighted by atomic mass is 32.2. The number of hydrogen-bond donors (Lipinski definition) is 1. The van der Waals surface area contributed by atoms with Gasteiger partial charge in [-0.15, -0.1) is 0 Å². The minimum absolute atomic E-state index is 0.110. The molecular weight excluding hydrogens is 426 g/mol. The zero-order chi connectivity index (χ0) is 22.6. The molecule has 0 aliphatic heterocycles. The first kappa shape index (κ1) is 20.8. The van der Waals surface area contributed by atoms with Gasteiger partial charge in [0.25, 0.3) is 0 Å². The van der Waals surface area contributed by atoms with E-state index >= 15 is 0 Å². The number of rotatable bonds is 4. The third kappa shape index (κ3) is 2.99. The zero-order valence-corrected chi connectivity index (χ0v) is 18.5. The number of benzene rings is 2.